The molecule has 6 atom stereocenters. The maximum atomic E-state index is 14.1. The third-order valence-electron chi connectivity index (χ3n) is 10.3. The summed E-state index contributed by atoms with van der Waals surface area (Å²) in [6, 6.07) is 2.80. The van der Waals surface area contributed by atoms with Gasteiger partial charge in [-0.15, -0.1) is 0 Å². The molecule has 0 bridgehead atoms. The Bertz CT molecular complexity index is 1670. The lowest BCUT2D eigenvalue weighted by atomic mass is 9.86. The molecule has 0 spiro atoms. The second kappa shape index (κ2) is 20.7. The van der Waals surface area contributed by atoms with Crippen LogP contribution in [-0.2, 0) is 30.4 Å². The van der Waals surface area contributed by atoms with Crippen molar-refractivity contribution in [3.05, 3.63) is 46.3 Å². The number of halogens is 1. The molecule has 0 radical (unpaired) electrons. The predicted octanol–water partition coefficient (Wildman–Crippen LogP) is 3.72. The molecule has 1 unspecified atom stereocenters. The number of phenols is 1. The fraction of sp³-hybridized carbons (Fsp3) is 0.625. The zero-order valence-corrected chi connectivity index (χ0v) is 33.9. The van der Waals surface area contributed by atoms with Crippen LogP contribution in [0, 0.1) is 30.6 Å². The Morgan fingerprint density at radius 3 is 2.20 bits per heavy atom. The van der Waals surface area contributed by atoms with Crippen molar-refractivity contribution in [2.24, 2.45) is 23.7 Å². The number of aliphatic hydroxyl groups is 1. The van der Waals surface area contributed by atoms with E-state index in [1.54, 1.807) is 13.0 Å². The fourth-order valence-electron chi connectivity index (χ4n) is 6.47. The van der Waals surface area contributed by atoms with Gasteiger partial charge in [-0.2, -0.15) is 0 Å². The molecule has 1 aromatic carbocycles. The van der Waals surface area contributed by atoms with E-state index < -0.39 is 65.9 Å². The number of aliphatic hydroxyl groups excluding tert-OH is 1. The number of aromatic hydroxyl groups is 1. The van der Waals surface area contributed by atoms with E-state index in [4.69, 9.17) is 16.1 Å². The van der Waals surface area contributed by atoms with Crippen LogP contribution in [0.4, 0.5) is 0 Å². The Hall–Kier alpha value is -4.14. The van der Waals surface area contributed by atoms with Gasteiger partial charge in [0, 0.05) is 30.7 Å². The van der Waals surface area contributed by atoms with Crippen LogP contribution in [0.25, 0.3) is 0 Å². The Morgan fingerprint density at radius 2 is 1.65 bits per heavy atom. The minimum atomic E-state index is -1.09. The number of carbonyl (C=O) groups is 6. The first-order chi connectivity index (χ1) is 25.8. The molecule has 3 rings (SSSR count). The van der Waals surface area contributed by atoms with Crippen molar-refractivity contribution in [3.8, 4) is 5.75 Å². The summed E-state index contributed by atoms with van der Waals surface area (Å²) in [5.41, 5.74) is 0.552. The van der Waals surface area contributed by atoms with Gasteiger partial charge in [0.05, 0.1) is 51.4 Å². The summed E-state index contributed by atoms with van der Waals surface area (Å²) in [6.45, 7) is 6.93. The number of nitrogens with one attached hydrogen (secondary N) is 3. The molecule has 1 aliphatic carbocycles. The molecular weight excluding hydrogens is 730 g/mol. The van der Waals surface area contributed by atoms with E-state index in [0.29, 0.717) is 43.4 Å². The van der Waals surface area contributed by atoms with E-state index in [-0.39, 0.29) is 53.3 Å². The van der Waals surface area contributed by atoms with Crippen molar-refractivity contribution in [2.75, 3.05) is 34.3 Å². The van der Waals surface area contributed by atoms with Crippen LogP contribution in [-0.4, -0.2) is 107 Å². The molecule has 0 aliphatic heterocycles. The van der Waals surface area contributed by atoms with Crippen molar-refractivity contribution in [3.63, 3.8) is 0 Å². The summed E-state index contributed by atoms with van der Waals surface area (Å²) in [5.74, 6) is -4.45. The Kier molecular flexibility index (Phi) is 17.0. The van der Waals surface area contributed by atoms with Crippen molar-refractivity contribution in [2.45, 2.75) is 104 Å². The molecule has 1 fully saturated rings. The number of rotatable bonds is 24. The van der Waals surface area contributed by atoms with Gasteiger partial charge in [-0.25, -0.2) is 0 Å². The number of ketones is 3. The monoisotopic (exact) mass is 788 g/mol. The lowest BCUT2D eigenvalue weighted by molar-refractivity contribution is -0.870. The first kappa shape index (κ1) is 45.3. The molecule has 14 nitrogen and oxygen atoms in total. The molecule has 1 aromatic heterocycles. The van der Waals surface area contributed by atoms with Gasteiger partial charge in [-0.1, -0.05) is 43.1 Å². The fourth-order valence-corrected chi connectivity index (χ4v) is 6.67. The van der Waals surface area contributed by atoms with Crippen LogP contribution in [0.1, 0.15) is 93.9 Å². The van der Waals surface area contributed by atoms with Gasteiger partial charge in [0.25, 0.3) is 5.91 Å². The predicted molar refractivity (Wildman–Crippen MR) is 206 cm³/mol. The molecule has 55 heavy (non-hydrogen) atoms. The summed E-state index contributed by atoms with van der Waals surface area (Å²) in [5, 5.41) is 31.7. The molecule has 0 saturated heterocycles. The maximum absolute atomic E-state index is 14.1. The topological polar surface area (TPSA) is 205 Å². The molecule has 2 aromatic rings. The smallest absolute Gasteiger partial charge is 0.274 e. The molecule has 304 valence electrons. The van der Waals surface area contributed by atoms with E-state index in [1.165, 1.54) is 25.1 Å². The maximum Gasteiger partial charge on any atom is 0.274 e. The number of aromatic nitrogens is 1. The number of phenolic OH excluding ortho intramolecular Hbond substituents is 1. The number of aryl methyl sites for hydroxylation is 1. The average Bonchev–Trinajstić information content (AvgIpc) is 3.87. The van der Waals surface area contributed by atoms with Gasteiger partial charge in [0.1, 0.15) is 17.6 Å². The minimum Gasteiger partial charge on any atom is -0.506 e. The summed E-state index contributed by atoms with van der Waals surface area (Å²) in [6.07, 6.45) is 3.44. The van der Waals surface area contributed by atoms with E-state index in [1.807, 2.05) is 13.8 Å². The van der Waals surface area contributed by atoms with Gasteiger partial charge in [-0.3, -0.25) is 28.8 Å². The van der Waals surface area contributed by atoms with Gasteiger partial charge >= 0.3 is 0 Å². The summed E-state index contributed by atoms with van der Waals surface area (Å²) < 4.78 is 5.77. The Labute approximate surface area is 328 Å². The van der Waals surface area contributed by atoms with Crippen LogP contribution < -0.4 is 16.0 Å². The summed E-state index contributed by atoms with van der Waals surface area (Å²) >= 11 is 6.13. The molecule has 15 heteroatoms. The summed E-state index contributed by atoms with van der Waals surface area (Å²) in [7, 11) is 6.20. The second-order valence-corrected chi connectivity index (χ2v) is 16.5. The Balaban J connectivity index is 1.81. The van der Waals surface area contributed by atoms with Crippen LogP contribution in [0.15, 0.2) is 28.8 Å². The quantitative estimate of drug-likeness (QED) is 0.0771. The minimum absolute atomic E-state index is 0.0149. The molecule has 3 amide bonds. The van der Waals surface area contributed by atoms with Gasteiger partial charge in [0.15, 0.2) is 23.0 Å². The Morgan fingerprint density at radius 1 is 0.964 bits per heavy atom. The second-order valence-electron chi connectivity index (χ2n) is 16.1. The number of amides is 3. The van der Waals surface area contributed by atoms with Crippen molar-refractivity contribution >= 4 is 46.7 Å². The van der Waals surface area contributed by atoms with Crippen molar-refractivity contribution in [1.82, 2.24) is 21.1 Å². The third-order valence-corrected chi connectivity index (χ3v) is 10.6. The zero-order valence-electron chi connectivity index (χ0n) is 33.2. The van der Waals surface area contributed by atoms with E-state index >= 15 is 0 Å². The average molecular weight is 789 g/mol. The van der Waals surface area contributed by atoms with Crippen LogP contribution in [0.3, 0.4) is 0 Å². The highest BCUT2D eigenvalue weighted by Crippen LogP contribution is 2.39. The number of quaternary nitrogens is 1. The van der Waals surface area contributed by atoms with Crippen LogP contribution in [0.5, 0.6) is 5.75 Å². The largest absolute Gasteiger partial charge is 0.506 e. The highest BCUT2D eigenvalue weighted by molar-refractivity contribution is 6.32. The number of unbranched alkanes of at least 4 members (excludes halogenated alkanes) is 1. The number of nitrogens with zero attached hydrogens (tertiary/aromatic N) is 2. The molecule has 1 aliphatic rings. The highest BCUT2D eigenvalue weighted by Gasteiger charge is 2.41. The van der Waals surface area contributed by atoms with Gasteiger partial charge in [-0.05, 0) is 81.9 Å². The molecule has 1 saturated carbocycles. The summed E-state index contributed by atoms with van der Waals surface area (Å²) in [4.78, 5) is 80.7. The number of Topliss-reactive ketones (excluding diaryl/α,β-unsaturated/α-hetero) is 3. The number of benzene rings is 1. The van der Waals surface area contributed by atoms with Crippen LogP contribution >= 0.6 is 11.6 Å². The number of carbonyl (C=O) groups excluding carboxylic acids is 6. The number of hydrogen-bond donors (Lipinski definition) is 5. The first-order valence-corrected chi connectivity index (χ1v) is 19.5. The first-order valence-electron chi connectivity index (χ1n) is 19.1. The van der Waals surface area contributed by atoms with E-state index in [0.717, 1.165) is 17.4 Å². The number of hydrogen-bond acceptors (Lipinski definition) is 10. The normalized spacial score (nSPS) is 16.2. The lowest BCUT2D eigenvalue weighted by Crippen LogP contribution is -2.50. The highest BCUT2D eigenvalue weighted by atomic mass is 35.5. The van der Waals surface area contributed by atoms with E-state index in [9.17, 15) is 39.0 Å². The van der Waals surface area contributed by atoms with E-state index in [2.05, 4.69) is 42.3 Å². The SMILES string of the molecule is CC[C@H](C)C(NC(=O)[C@@H](CC(=O)[C@H](Cc1ccc(O)c(Cl)c1)NC(=O)c1cc(C)on1)C1CC1)C(=O)C[C@@H](CCCC[N+](C)(C)C)C(=O)N[C@@H](CO)C(C)=O. The van der Waals surface area contributed by atoms with Gasteiger partial charge < -0.3 is 35.2 Å². The van der Waals surface area contributed by atoms with Crippen LogP contribution in [0.2, 0.25) is 5.02 Å². The van der Waals surface area contributed by atoms with Crippen molar-refractivity contribution in [1.29, 1.82) is 0 Å². The molecular formula is C40H59ClN5O9+. The van der Waals surface area contributed by atoms with Crippen molar-refractivity contribution < 1.29 is 48.0 Å². The van der Waals surface area contributed by atoms with Gasteiger partial charge in [0.2, 0.25) is 11.8 Å². The standard InChI is InChI=1S/C40H58ClN5O9/c1-8-23(2)37(36(51)20-28(11-9-10-16-46(5,6)7)38(52)43-33(22-47)25(4)48)44-39(53)29(27-13-14-27)21-35(50)31(19-26-12-15-34(49)30(41)18-26)42-40(54)32-17-24(3)55-45-32/h12,15,17-18,23,27-29,31,33,37,47H,8-11,13-14,16,19-22H2,1-7H3,(H3-,42,43,44,49,52,53,54)/p+1/t23-,28+,29-,31-,33-,37?/m0/s1. The lowest BCUT2D eigenvalue weighted by Gasteiger charge is -2.28. The third kappa shape index (κ3) is 14.5. The zero-order chi connectivity index (χ0) is 41.0. The molecule has 5 N–H and O–H groups in total. The molecule has 1 heterocycles.